The lowest BCUT2D eigenvalue weighted by atomic mass is 9.86. The average molecular weight is 427 g/mol. The topological polar surface area (TPSA) is 120 Å². The molecule has 1 atom stereocenters. The molecule has 9 heteroatoms. The fourth-order valence-electron chi connectivity index (χ4n) is 4.18. The molecule has 8 nitrogen and oxygen atoms in total. The second-order valence-corrected chi connectivity index (χ2v) is 7.22. The zero-order valence-electron chi connectivity index (χ0n) is 16.1. The second-order valence-electron chi connectivity index (χ2n) is 7.22. The number of aliphatic hydroxyl groups is 1. The van der Waals surface area contributed by atoms with E-state index in [1.807, 2.05) is 24.3 Å². The van der Waals surface area contributed by atoms with Gasteiger partial charge in [-0.2, -0.15) is 0 Å². The molecular weight excluding hydrogens is 408 g/mol. The van der Waals surface area contributed by atoms with E-state index in [4.69, 9.17) is 15.5 Å². The first-order valence-corrected chi connectivity index (χ1v) is 9.32. The van der Waals surface area contributed by atoms with Crippen molar-refractivity contribution < 1.29 is 14.6 Å². The number of hydrogen-bond donors (Lipinski definition) is 2. The summed E-state index contributed by atoms with van der Waals surface area (Å²) in [6, 6.07) is 9.21. The van der Waals surface area contributed by atoms with Crippen molar-refractivity contribution in [3.63, 3.8) is 0 Å². The van der Waals surface area contributed by atoms with Gasteiger partial charge in [-0.05, 0) is 30.7 Å². The summed E-state index contributed by atoms with van der Waals surface area (Å²) in [7, 11) is 0. The van der Waals surface area contributed by atoms with Crippen molar-refractivity contribution in [2.75, 3.05) is 0 Å². The number of halogens is 1. The van der Waals surface area contributed by atoms with Gasteiger partial charge in [-0.15, -0.1) is 12.4 Å². The van der Waals surface area contributed by atoms with Crippen molar-refractivity contribution >= 4 is 41.3 Å². The number of pyridine rings is 2. The van der Waals surface area contributed by atoms with Gasteiger partial charge in [0.05, 0.1) is 41.0 Å². The number of nitrogens with zero attached hydrogens (tertiary/aromatic N) is 3. The predicted molar refractivity (Wildman–Crippen MR) is 114 cm³/mol. The Labute approximate surface area is 177 Å². The minimum Gasteiger partial charge on any atom is -0.458 e. The molecule has 0 unspecified atom stereocenters. The molecule has 5 rings (SSSR count). The van der Waals surface area contributed by atoms with Crippen LogP contribution in [0.1, 0.15) is 30.0 Å². The summed E-state index contributed by atoms with van der Waals surface area (Å²) in [6.45, 7) is 1.88. The number of aliphatic imine (C=N–C) groups is 1. The number of nitrogens with two attached hydrogens (primary N) is 1. The van der Waals surface area contributed by atoms with Gasteiger partial charge in [-0.1, -0.05) is 13.0 Å². The van der Waals surface area contributed by atoms with Gasteiger partial charge in [0, 0.05) is 16.5 Å². The minimum atomic E-state index is -1.83. The molecule has 3 N–H and O–H groups in total. The zero-order valence-corrected chi connectivity index (χ0v) is 16.9. The number of ether oxygens (including phenoxy) is 1. The molecule has 0 saturated heterocycles. The maximum absolute atomic E-state index is 13.1. The molecule has 3 aromatic rings. The molecular formula is C21H19ClN4O4. The third kappa shape index (κ3) is 2.57. The first kappa shape index (κ1) is 20.1. The molecule has 154 valence electrons. The van der Waals surface area contributed by atoms with Crippen molar-refractivity contribution in [1.29, 1.82) is 0 Å². The Bertz CT molecular complexity index is 1300. The van der Waals surface area contributed by atoms with Crippen LogP contribution < -0.4 is 11.3 Å². The number of hydrogen-bond acceptors (Lipinski definition) is 6. The highest BCUT2D eigenvalue weighted by Crippen LogP contribution is 2.39. The van der Waals surface area contributed by atoms with E-state index in [1.54, 1.807) is 17.6 Å². The van der Waals surface area contributed by atoms with E-state index in [-0.39, 0.29) is 31.0 Å². The number of fused-ring (bicyclic) bond motifs is 5. The standard InChI is InChI=1S/C21H18N4O4.ClH/c1-2-21(28)14-7-17-18-11(8-25(17)19(26)13(14)9-29-20(21)27)6-12-15(23-10-22)4-3-5-16(12)24-18;/h3-7,10,28H,2,8-9H2,1H3,(H2,22,23);1H/t21-;/m0./s1. The molecule has 0 amide bonds. The highest BCUT2D eigenvalue weighted by molar-refractivity contribution is 5.94. The van der Waals surface area contributed by atoms with Gasteiger partial charge in [0.2, 0.25) is 0 Å². The normalized spacial score (nSPS) is 19.2. The van der Waals surface area contributed by atoms with Gasteiger partial charge in [0.25, 0.3) is 5.56 Å². The van der Waals surface area contributed by atoms with E-state index in [9.17, 15) is 14.7 Å². The Morgan fingerprint density at radius 1 is 1.37 bits per heavy atom. The van der Waals surface area contributed by atoms with Crippen LogP contribution in [0.4, 0.5) is 5.69 Å². The zero-order chi connectivity index (χ0) is 20.3. The highest BCUT2D eigenvalue weighted by Gasteiger charge is 2.45. The fourth-order valence-corrected chi connectivity index (χ4v) is 4.18. The number of benzene rings is 1. The van der Waals surface area contributed by atoms with Gasteiger partial charge in [0.1, 0.15) is 6.61 Å². The molecule has 0 spiro atoms. The van der Waals surface area contributed by atoms with Gasteiger partial charge in [0.15, 0.2) is 5.60 Å². The lowest BCUT2D eigenvalue weighted by Gasteiger charge is -2.31. The van der Waals surface area contributed by atoms with Crippen LogP contribution in [-0.2, 0) is 28.3 Å². The molecule has 0 aliphatic carbocycles. The molecule has 1 aromatic carbocycles. The van der Waals surface area contributed by atoms with Crippen LogP contribution in [0.2, 0.25) is 0 Å². The van der Waals surface area contributed by atoms with Gasteiger partial charge in [-0.25, -0.2) is 14.8 Å². The van der Waals surface area contributed by atoms with E-state index in [2.05, 4.69) is 4.99 Å². The number of esters is 1. The van der Waals surface area contributed by atoms with Crippen LogP contribution in [0.5, 0.6) is 0 Å². The molecule has 0 bridgehead atoms. The van der Waals surface area contributed by atoms with Crippen LogP contribution in [0, 0.1) is 0 Å². The summed E-state index contributed by atoms with van der Waals surface area (Å²) in [6.07, 6.45) is 1.35. The van der Waals surface area contributed by atoms with Crippen molar-refractivity contribution in [2.45, 2.75) is 32.1 Å². The third-order valence-electron chi connectivity index (χ3n) is 5.74. The molecule has 2 aliphatic rings. The molecule has 0 saturated carbocycles. The third-order valence-corrected chi connectivity index (χ3v) is 5.74. The lowest BCUT2D eigenvalue weighted by Crippen LogP contribution is -2.44. The lowest BCUT2D eigenvalue weighted by molar-refractivity contribution is -0.172. The van der Waals surface area contributed by atoms with E-state index in [1.165, 1.54) is 6.34 Å². The van der Waals surface area contributed by atoms with E-state index in [0.717, 1.165) is 16.5 Å². The Morgan fingerprint density at radius 2 is 2.17 bits per heavy atom. The molecule has 30 heavy (non-hydrogen) atoms. The predicted octanol–water partition coefficient (Wildman–Crippen LogP) is 2.12. The maximum Gasteiger partial charge on any atom is 0.343 e. The van der Waals surface area contributed by atoms with E-state index >= 15 is 0 Å². The average Bonchev–Trinajstić information content (AvgIpc) is 3.08. The van der Waals surface area contributed by atoms with Crippen molar-refractivity contribution in [3.8, 4) is 11.4 Å². The quantitative estimate of drug-likeness (QED) is 0.288. The van der Waals surface area contributed by atoms with Gasteiger partial charge >= 0.3 is 5.97 Å². The molecule has 4 heterocycles. The van der Waals surface area contributed by atoms with Crippen LogP contribution >= 0.6 is 12.4 Å². The van der Waals surface area contributed by atoms with Crippen molar-refractivity contribution in [1.82, 2.24) is 9.55 Å². The Morgan fingerprint density at radius 3 is 2.90 bits per heavy atom. The minimum absolute atomic E-state index is 0. The van der Waals surface area contributed by atoms with Crippen LogP contribution in [0.25, 0.3) is 22.3 Å². The fraction of sp³-hybridized carbons (Fsp3) is 0.238. The second kappa shape index (κ2) is 6.93. The largest absolute Gasteiger partial charge is 0.458 e. The first-order chi connectivity index (χ1) is 14.0. The van der Waals surface area contributed by atoms with Gasteiger partial charge in [-0.3, -0.25) is 4.79 Å². The van der Waals surface area contributed by atoms with Crippen LogP contribution in [-0.4, -0.2) is 27.0 Å². The smallest absolute Gasteiger partial charge is 0.343 e. The molecule has 0 radical (unpaired) electrons. The maximum atomic E-state index is 13.1. The Balaban J connectivity index is 0.00000218. The SMILES string of the molecule is CC[C@@]1(O)C(=O)OCc2c1cc1n(c2=O)Cc2cc3c(N=CN)cccc3nc2-1.Cl. The molecule has 2 aromatic heterocycles. The Hall–Kier alpha value is -3.23. The summed E-state index contributed by atoms with van der Waals surface area (Å²) in [5.74, 6) is -0.731. The number of rotatable bonds is 2. The summed E-state index contributed by atoms with van der Waals surface area (Å²) < 4.78 is 6.70. The first-order valence-electron chi connectivity index (χ1n) is 9.32. The van der Waals surface area contributed by atoms with E-state index < -0.39 is 11.6 Å². The van der Waals surface area contributed by atoms with Crippen molar-refractivity contribution in [3.05, 3.63) is 57.4 Å². The summed E-state index contributed by atoms with van der Waals surface area (Å²) >= 11 is 0. The number of carbonyl (C=O) groups is 1. The van der Waals surface area contributed by atoms with Crippen molar-refractivity contribution in [2.24, 2.45) is 10.7 Å². The van der Waals surface area contributed by atoms with Crippen LogP contribution in [0.3, 0.4) is 0 Å². The summed E-state index contributed by atoms with van der Waals surface area (Å²) in [5, 5.41) is 11.7. The summed E-state index contributed by atoms with van der Waals surface area (Å²) in [4.78, 5) is 34.3. The van der Waals surface area contributed by atoms with E-state index in [0.29, 0.717) is 34.7 Å². The number of cyclic esters (lactones) is 1. The monoisotopic (exact) mass is 426 g/mol. The number of carbonyl (C=O) groups excluding carboxylic acids is 1. The Kier molecular flexibility index (Phi) is 4.63. The van der Waals surface area contributed by atoms with Crippen LogP contribution in [0.15, 0.2) is 40.1 Å². The van der Waals surface area contributed by atoms with Gasteiger partial charge < -0.3 is 20.1 Å². The highest BCUT2D eigenvalue weighted by atomic mass is 35.5. The molecule has 2 aliphatic heterocycles. The number of aromatic nitrogens is 2. The summed E-state index contributed by atoms with van der Waals surface area (Å²) in [5.41, 5.74) is 7.48. The molecule has 0 fully saturated rings.